The average Bonchev–Trinajstić information content (AvgIpc) is 3.03. The topological polar surface area (TPSA) is 28.2 Å². The molecular weight excluding hydrogens is 266 g/mol. The van der Waals surface area contributed by atoms with E-state index in [-0.39, 0.29) is 0 Å². The number of rotatable bonds is 4. The van der Waals surface area contributed by atoms with Gasteiger partial charge in [0.2, 0.25) is 0 Å². The van der Waals surface area contributed by atoms with Crippen LogP contribution >= 0.6 is 11.3 Å². The molecule has 0 unspecified atom stereocenters. The van der Waals surface area contributed by atoms with Crippen LogP contribution in [-0.4, -0.2) is 24.1 Å². The van der Waals surface area contributed by atoms with Crippen LogP contribution in [0.4, 0.5) is 5.82 Å². The zero-order chi connectivity index (χ0) is 13.8. The second-order valence-corrected chi connectivity index (χ2v) is 6.33. The van der Waals surface area contributed by atoms with Crippen molar-refractivity contribution in [2.24, 2.45) is 0 Å². The number of pyridine rings is 1. The van der Waals surface area contributed by atoms with E-state index < -0.39 is 0 Å². The van der Waals surface area contributed by atoms with Gasteiger partial charge in [-0.15, -0.1) is 11.3 Å². The summed E-state index contributed by atoms with van der Waals surface area (Å²) in [4.78, 5) is 8.25. The third-order valence-electron chi connectivity index (χ3n) is 3.92. The first kappa shape index (κ1) is 13.6. The molecule has 3 rings (SSSR count). The lowest BCUT2D eigenvalue weighted by atomic mass is 10.0. The van der Waals surface area contributed by atoms with Crippen LogP contribution in [0.15, 0.2) is 41.9 Å². The molecule has 0 saturated carbocycles. The van der Waals surface area contributed by atoms with Crippen LogP contribution in [0.25, 0.3) is 0 Å². The molecule has 3 nitrogen and oxygen atoms in total. The van der Waals surface area contributed by atoms with Crippen LogP contribution in [-0.2, 0) is 0 Å². The first-order valence-electron chi connectivity index (χ1n) is 7.28. The fourth-order valence-electron chi connectivity index (χ4n) is 2.79. The Morgan fingerprint density at radius 2 is 2.10 bits per heavy atom. The van der Waals surface area contributed by atoms with Crippen molar-refractivity contribution in [3.63, 3.8) is 0 Å². The number of aromatic nitrogens is 1. The minimum atomic E-state index is 0.460. The Labute approximate surface area is 124 Å². The molecule has 2 aromatic rings. The van der Waals surface area contributed by atoms with Gasteiger partial charge in [-0.1, -0.05) is 12.1 Å². The molecule has 1 aliphatic heterocycles. The summed E-state index contributed by atoms with van der Waals surface area (Å²) < 4.78 is 0. The van der Waals surface area contributed by atoms with Gasteiger partial charge in [-0.05, 0) is 43.3 Å². The maximum absolute atomic E-state index is 4.44. The summed E-state index contributed by atoms with van der Waals surface area (Å²) in [7, 11) is 0. The summed E-state index contributed by atoms with van der Waals surface area (Å²) in [5.41, 5.74) is 0. The monoisotopic (exact) mass is 287 g/mol. The van der Waals surface area contributed by atoms with E-state index in [0.717, 1.165) is 18.9 Å². The number of hydrogen-bond acceptors (Lipinski definition) is 4. The largest absolute Gasteiger partial charge is 0.357 e. The quantitative estimate of drug-likeness (QED) is 0.933. The van der Waals surface area contributed by atoms with E-state index in [1.54, 1.807) is 0 Å². The number of piperidine rings is 1. The van der Waals surface area contributed by atoms with Gasteiger partial charge < -0.3 is 10.2 Å². The number of nitrogens with zero attached hydrogens (tertiary/aromatic N) is 2. The highest BCUT2D eigenvalue weighted by Gasteiger charge is 2.21. The van der Waals surface area contributed by atoms with Gasteiger partial charge in [-0.25, -0.2) is 4.98 Å². The van der Waals surface area contributed by atoms with Crippen LogP contribution < -0.4 is 10.2 Å². The molecule has 20 heavy (non-hydrogen) atoms. The zero-order valence-electron chi connectivity index (χ0n) is 11.8. The fraction of sp³-hybridized carbons (Fsp3) is 0.438. The van der Waals surface area contributed by atoms with Crippen molar-refractivity contribution < 1.29 is 0 Å². The van der Waals surface area contributed by atoms with Crippen LogP contribution in [0.1, 0.15) is 30.7 Å². The smallest absolute Gasteiger partial charge is 0.128 e. The third-order valence-corrected chi connectivity index (χ3v) is 4.98. The van der Waals surface area contributed by atoms with Crippen LogP contribution in [0.3, 0.4) is 0 Å². The predicted molar refractivity (Wildman–Crippen MR) is 85.3 cm³/mol. The Hall–Kier alpha value is -1.39. The van der Waals surface area contributed by atoms with Gasteiger partial charge in [0.05, 0.1) is 0 Å². The van der Waals surface area contributed by atoms with E-state index in [2.05, 4.69) is 51.8 Å². The Balaban J connectivity index is 1.51. The maximum atomic E-state index is 4.44. The van der Waals surface area contributed by atoms with Gasteiger partial charge in [0.1, 0.15) is 5.82 Å². The summed E-state index contributed by atoms with van der Waals surface area (Å²) in [6.45, 7) is 4.44. The molecule has 3 heterocycles. The average molecular weight is 287 g/mol. The number of thiophene rings is 1. The number of nitrogens with one attached hydrogen (secondary N) is 1. The fourth-order valence-corrected chi connectivity index (χ4v) is 3.53. The minimum absolute atomic E-state index is 0.460. The van der Waals surface area contributed by atoms with E-state index in [1.807, 2.05) is 23.6 Å². The Bertz CT molecular complexity index is 504. The molecule has 0 bridgehead atoms. The number of hydrogen-bond donors (Lipinski definition) is 1. The van der Waals surface area contributed by atoms with Crippen molar-refractivity contribution in [3.8, 4) is 0 Å². The Morgan fingerprint density at radius 3 is 2.75 bits per heavy atom. The van der Waals surface area contributed by atoms with Gasteiger partial charge in [-0.3, -0.25) is 0 Å². The molecule has 106 valence electrons. The molecule has 1 fully saturated rings. The van der Waals surface area contributed by atoms with Crippen molar-refractivity contribution in [2.45, 2.75) is 31.8 Å². The molecule has 2 aromatic heterocycles. The van der Waals surface area contributed by atoms with Crippen molar-refractivity contribution in [2.75, 3.05) is 18.0 Å². The summed E-state index contributed by atoms with van der Waals surface area (Å²) in [6, 6.07) is 11.6. The maximum Gasteiger partial charge on any atom is 0.128 e. The Morgan fingerprint density at radius 1 is 1.25 bits per heavy atom. The summed E-state index contributed by atoms with van der Waals surface area (Å²) in [5, 5.41) is 5.91. The first-order valence-corrected chi connectivity index (χ1v) is 8.16. The second-order valence-electron chi connectivity index (χ2n) is 5.35. The van der Waals surface area contributed by atoms with Crippen LogP contribution in [0, 0.1) is 0 Å². The molecule has 0 amide bonds. The SMILES string of the molecule is C[C@H](NC1CCN(c2ccccn2)CC1)c1cccs1. The van der Waals surface area contributed by atoms with Gasteiger partial charge in [0, 0.05) is 36.2 Å². The Kier molecular flexibility index (Phi) is 4.33. The lowest BCUT2D eigenvalue weighted by Crippen LogP contribution is -2.43. The minimum Gasteiger partial charge on any atom is -0.357 e. The van der Waals surface area contributed by atoms with Crippen molar-refractivity contribution >= 4 is 17.2 Å². The van der Waals surface area contributed by atoms with Gasteiger partial charge in [0.15, 0.2) is 0 Å². The lowest BCUT2D eigenvalue weighted by molar-refractivity contribution is 0.382. The first-order chi connectivity index (χ1) is 9.83. The second kappa shape index (κ2) is 6.37. The van der Waals surface area contributed by atoms with Crippen molar-refractivity contribution in [3.05, 3.63) is 46.8 Å². The highest BCUT2D eigenvalue weighted by Crippen LogP contribution is 2.22. The van der Waals surface area contributed by atoms with E-state index >= 15 is 0 Å². The molecule has 1 N–H and O–H groups in total. The molecule has 0 spiro atoms. The van der Waals surface area contributed by atoms with Crippen molar-refractivity contribution in [1.82, 2.24) is 10.3 Å². The highest BCUT2D eigenvalue weighted by atomic mass is 32.1. The molecule has 4 heteroatoms. The third kappa shape index (κ3) is 3.19. The van der Waals surface area contributed by atoms with E-state index in [0.29, 0.717) is 12.1 Å². The van der Waals surface area contributed by atoms with E-state index in [1.165, 1.54) is 17.7 Å². The molecule has 0 aliphatic carbocycles. The normalized spacial score (nSPS) is 18.1. The lowest BCUT2D eigenvalue weighted by Gasteiger charge is -2.34. The van der Waals surface area contributed by atoms with Gasteiger partial charge in [0.25, 0.3) is 0 Å². The van der Waals surface area contributed by atoms with Gasteiger partial charge in [-0.2, -0.15) is 0 Å². The summed E-state index contributed by atoms with van der Waals surface area (Å²) in [6.07, 6.45) is 4.25. The van der Waals surface area contributed by atoms with E-state index in [4.69, 9.17) is 0 Å². The molecule has 0 radical (unpaired) electrons. The predicted octanol–water partition coefficient (Wildman–Crippen LogP) is 3.46. The molecule has 1 aliphatic rings. The molecule has 1 saturated heterocycles. The van der Waals surface area contributed by atoms with E-state index in [9.17, 15) is 0 Å². The van der Waals surface area contributed by atoms with Crippen LogP contribution in [0.2, 0.25) is 0 Å². The standard InChI is InChI=1S/C16H21N3S/c1-13(15-5-4-12-20-15)18-14-7-10-19(11-8-14)16-6-2-3-9-17-16/h2-6,9,12-14,18H,7-8,10-11H2,1H3/t13-/m0/s1. The van der Waals surface area contributed by atoms with Crippen molar-refractivity contribution in [1.29, 1.82) is 0 Å². The molecule has 0 aromatic carbocycles. The molecule has 1 atom stereocenters. The van der Waals surface area contributed by atoms with Gasteiger partial charge >= 0.3 is 0 Å². The van der Waals surface area contributed by atoms with Crippen LogP contribution in [0.5, 0.6) is 0 Å². The summed E-state index contributed by atoms with van der Waals surface area (Å²) >= 11 is 1.83. The zero-order valence-corrected chi connectivity index (χ0v) is 12.6. The molecular formula is C16H21N3S. The number of anilines is 1. The summed E-state index contributed by atoms with van der Waals surface area (Å²) in [5.74, 6) is 1.11. The highest BCUT2D eigenvalue weighted by molar-refractivity contribution is 7.10.